The number of carbonyl (C=O) groups excluding carboxylic acids is 1. The molecule has 0 aliphatic carbocycles. The summed E-state index contributed by atoms with van der Waals surface area (Å²) in [5.74, 6) is -0.266. The predicted molar refractivity (Wildman–Crippen MR) is 79.5 cm³/mol. The van der Waals surface area contributed by atoms with Gasteiger partial charge in [-0.15, -0.1) is 0 Å². The van der Waals surface area contributed by atoms with E-state index in [1.165, 1.54) is 16.4 Å². The summed E-state index contributed by atoms with van der Waals surface area (Å²) in [5.41, 5.74) is 5.97. The lowest BCUT2D eigenvalue weighted by molar-refractivity contribution is -0.126. The third-order valence-electron chi connectivity index (χ3n) is 3.23. The summed E-state index contributed by atoms with van der Waals surface area (Å²) in [5, 5.41) is 2.68. The van der Waals surface area contributed by atoms with Crippen LogP contribution in [0.4, 0.5) is 5.69 Å². The normalized spacial score (nSPS) is 20.7. The maximum atomic E-state index is 12.7. The van der Waals surface area contributed by atoms with Crippen molar-refractivity contribution in [1.29, 1.82) is 0 Å². The Labute approximate surface area is 126 Å². The smallest absolute Gasteiger partial charge is 0.245 e. The molecule has 0 saturated carbocycles. The van der Waals surface area contributed by atoms with Crippen molar-refractivity contribution >= 4 is 37.5 Å². The first kappa shape index (κ1) is 15.3. The molecule has 0 spiro atoms. The van der Waals surface area contributed by atoms with Crippen LogP contribution >= 0.6 is 15.9 Å². The topological polar surface area (TPSA) is 92.5 Å². The van der Waals surface area contributed by atoms with Gasteiger partial charge in [0, 0.05) is 17.6 Å². The number of rotatable bonds is 3. The van der Waals surface area contributed by atoms with Crippen molar-refractivity contribution in [3.8, 4) is 0 Å². The molecule has 1 aliphatic heterocycles. The van der Waals surface area contributed by atoms with Crippen LogP contribution in [0.3, 0.4) is 0 Å². The summed E-state index contributed by atoms with van der Waals surface area (Å²) < 4.78 is 27.3. The molecule has 3 N–H and O–H groups in total. The van der Waals surface area contributed by atoms with Gasteiger partial charge in [-0.3, -0.25) is 4.79 Å². The van der Waals surface area contributed by atoms with Gasteiger partial charge in [0.05, 0.1) is 5.69 Å². The molecule has 0 bridgehead atoms. The van der Waals surface area contributed by atoms with Crippen molar-refractivity contribution in [3.05, 3.63) is 22.7 Å². The second-order valence-corrected chi connectivity index (χ2v) is 7.29. The SMILES string of the molecule is CCC1C(=O)NCCN1S(=O)(=O)c1ccc(Br)cc1N. The van der Waals surface area contributed by atoms with Crippen LogP contribution in [0, 0.1) is 0 Å². The fourth-order valence-corrected chi connectivity index (χ4v) is 4.39. The number of carbonyl (C=O) groups is 1. The molecular weight excluding hydrogens is 346 g/mol. The van der Waals surface area contributed by atoms with Crippen LogP contribution in [0.2, 0.25) is 0 Å². The third kappa shape index (κ3) is 2.68. The maximum absolute atomic E-state index is 12.7. The highest BCUT2D eigenvalue weighted by molar-refractivity contribution is 9.10. The Balaban J connectivity index is 2.45. The molecule has 1 atom stereocenters. The Morgan fingerprint density at radius 1 is 1.50 bits per heavy atom. The molecule has 20 heavy (non-hydrogen) atoms. The molecule has 0 radical (unpaired) electrons. The van der Waals surface area contributed by atoms with Gasteiger partial charge in [0.15, 0.2) is 0 Å². The van der Waals surface area contributed by atoms with Crippen LogP contribution in [-0.4, -0.2) is 37.8 Å². The summed E-state index contributed by atoms with van der Waals surface area (Å²) >= 11 is 3.24. The average molecular weight is 362 g/mol. The quantitative estimate of drug-likeness (QED) is 0.783. The Bertz CT molecular complexity index is 633. The highest BCUT2D eigenvalue weighted by atomic mass is 79.9. The number of nitrogens with zero attached hydrogens (tertiary/aromatic N) is 1. The van der Waals surface area contributed by atoms with E-state index in [1.807, 2.05) is 0 Å². The summed E-state index contributed by atoms with van der Waals surface area (Å²) in [7, 11) is -3.78. The van der Waals surface area contributed by atoms with Crippen LogP contribution in [0.25, 0.3) is 0 Å². The Morgan fingerprint density at radius 3 is 2.80 bits per heavy atom. The van der Waals surface area contributed by atoms with Crippen LogP contribution in [0.1, 0.15) is 13.3 Å². The van der Waals surface area contributed by atoms with Crippen LogP contribution in [0.5, 0.6) is 0 Å². The lowest BCUT2D eigenvalue weighted by atomic mass is 10.2. The van der Waals surface area contributed by atoms with Crippen LogP contribution in [-0.2, 0) is 14.8 Å². The zero-order valence-electron chi connectivity index (χ0n) is 11.0. The molecular formula is C12H16BrN3O3S. The minimum atomic E-state index is -3.78. The molecule has 1 aromatic carbocycles. The molecule has 1 aromatic rings. The third-order valence-corrected chi connectivity index (χ3v) is 5.70. The minimum absolute atomic E-state index is 0.0360. The minimum Gasteiger partial charge on any atom is -0.398 e. The highest BCUT2D eigenvalue weighted by Crippen LogP contribution is 2.28. The van der Waals surface area contributed by atoms with Crippen molar-refractivity contribution in [2.45, 2.75) is 24.3 Å². The van der Waals surface area contributed by atoms with E-state index in [-0.39, 0.29) is 23.0 Å². The molecule has 110 valence electrons. The Hall–Kier alpha value is -1.12. The molecule has 0 aromatic heterocycles. The molecule has 1 aliphatic rings. The summed E-state index contributed by atoms with van der Waals surface area (Å²) in [4.78, 5) is 11.8. The zero-order valence-corrected chi connectivity index (χ0v) is 13.4. The average Bonchev–Trinajstić information content (AvgIpc) is 2.37. The van der Waals surface area contributed by atoms with Crippen LogP contribution in [0.15, 0.2) is 27.6 Å². The van der Waals surface area contributed by atoms with Crippen molar-refractivity contribution in [3.63, 3.8) is 0 Å². The first-order valence-corrected chi connectivity index (χ1v) is 8.45. The number of anilines is 1. The maximum Gasteiger partial charge on any atom is 0.245 e. The van der Waals surface area contributed by atoms with Gasteiger partial charge in [0.1, 0.15) is 10.9 Å². The van der Waals surface area contributed by atoms with E-state index in [4.69, 9.17) is 5.73 Å². The predicted octanol–water partition coefficient (Wildman–Crippen LogP) is 0.930. The summed E-state index contributed by atoms with van der Waals surface area (Å²) in [6.07, 6.45) is 0.418. The number of sulfonamides is 1. The molecule has 1 saturated heterocycles. The van der Waals surface area contributed by atoms with Gasteiger partial charge in [-0.05, 0) is 24.6 Å². The monoisotopic (exact) mass is 361 g/mol. The number of nitrogens with one attached hydrogen (secondary N) is 1. The molecule has 6 nitrogen and oxygen atoms in total. The summed E-state index contributed by atoms with van der Waals surface area (Å²) in [6.45, 7) is 2.34. The van der Waals surface area contributed by atoms with Gasteiger partial charge < -0.3 is 11.1 Å². The summed E-state index contributed by atoms with van der Waals surface area (Å²) in [6, 6.07) is 3.93. The van der Waals surface area contributed by atoms with Gasteiger partial charge >= 0.3 is 0 Å². The highest BCUT2D eigenvalue weighted by Gasteiger charge is 2.38. The molecule has 1 unspecified atom stereocenters. The zero-order chi connectivity index (χ0) is 14.9. The fraction of sp³-hybridized carbons (Fsp3) is 0.417. The van der Waals surface area contributed by atoms with Gasteiger partial charge in [0.25, 0.3) is 0 Å². The van der Waals surface area contributed by atoms with Crippen molar-refractivity contribution < 1.29 is 13.2 Å². The number of benzene rings is 1. The Morgan fingerprint density at radius 2 is 2.20 bits per heavy atom. The van der Waals surface area contributed by atoms with Crippen molar-refractivity contribution in [2.24, 2.45) is 0 Å². The van der Waals surface area contributed by atoms with E-state index in [0.717, 1.165) is 0 Å². The lowest BCUT2D eigenvalue weighted by Crippen LogP contribution is -2.56. The fourth-order valence-electron chi connectivity index (χ4n) is 2.25. The number of piperazine rings is 1. The van der Waals surface area contributed by atoms with E-state index in [9.17, 15) is 13.2 Å². The van der Waals surface area contributed by atoms with Gasteiger partial charge in [-0.2, -0.15) is 4.31 Å². The molecule has 2 rings (SSSR count). The number of nitrogens with two attached hydrogens (primary N) is 1. The Kier molecular flexibility index (Phi) is 4.36. The first-order valence-electron chi connectivity index (χ1n) is 6.22. The van der Waals surface area contributed by atoms with Gasteiger partial charge in [-0.1, -0.05) is 22.9 Å². The van der Waals surface area contributed by atoms with E-state index in [2.05, 4.69) is 21.2 Å². The largest absolute Gasteiger partial charge is 0.398 e. The van der Waals surface area contributed by atoms with Crippen molar-refractivity contribution in [1.82, 2.24) is 9.62 Å². The first-order chi connectivity index (χ1) is 9.37. The number of hydrogen-bond acceptors (Lipinski definition) is 4. The number of amides is 1. The van der Waals surface area contributed by atoms with E-state index in [0.29, 0.717) is 17.4 Å². The molecule has 1 fully saturated rings. The second kappa shape index (κ2) is 5.71. The van der Waals surface area contributed by atoms with Crippen LogP contribution < -0.4 is 11.1 Å². The number of halogens is 1. The number of hydrogen-bond donors (Lipinski definition) is 2. The molecule has 8 heteroatoms. The lowest BCUT2D eigenvalue weighted by Gasteiger charge is -2.33. The van der Waals surface area contributed by atoms with E-state index < -0.39 is 16.1 Å². The van der Waals surface area contributed by atoms with Gasteiger partial charge in [-0.25, -0.2) is 8.42 Å². The van der Waals surface area contributed by atoms with Gasteiger partial charge in [0.2, 0.25) is 15.9 Å². The van der Waals surface area contributed by atoms with E-state index in [1.54, 1.807) is 13.0 Å². The second-order valence-electron chi connectivity index (χ2n) is 4.51. The standard InChI is InChI=1S/C12H16BrN3O3S/c1-2-10-12(17)15-5-6-16(10)20(18,19)11-4-3-8(13)7-9(11)14/h3-4,7,10H,2,5-6,14H2,1H3,(H,15,17). The number of nitrogen functional groups attached to an aromatic ring is 1. The molecule has 1 heterocycles. The van der Waals surface area contributed by atoms with E-state index >= 15 is 0 Å². The van der Waals surface area contributed by atoms with Crippen molar-refractivity contribution in [2.75, 3.05) is 18.8 Å². The molecule has 1 amide bonds.